The van der Waals surface area contributed by atoms with E-state index in [0.717, 1.165) is 5.39 Å². The number of hydrogen-bond donors (Lipinski definition) is 0. The van der Waals surface area contributed by atoms with Crippen LogP contribution in [0.5, 0.6) is 11.5 Å². The Morgan fingerprint density at radius 1 is 1.14 bits per heavy atom. The predicted octanol–water partition coefficient (Wildman–Crippen LogP) is 4.64. The Kier molecular flexibility index (Phi) is 5.64. The van der Waals surface area contributed by atoms with E-state index in [1.165, 1.54) is 19.2 Å². The van der Waals surface area contributed by atoms with Crippen molar-refractivity contribution >= 4 is 34.7 Å². The third-order valence-electron chi connectivity index (χ3n) is 4.07. The third-order valence-corrected chi connectivity index (χ3v) is 4.07. The molecule has 2 aromatic carbocycles. The molecule has 0 spiro atoms. The summed E-state index contributed by atoms with van der Waals surface area (Å²) in [6.45, 7) is 1.72. The van der Waals surface area contributed by atoms with E-state index in [1.54, 1.807) is 37.3 Å². The maximum Gasteiger partial charge on any atom is 0.310 e. The fraction of sp³-hybridized carbons (Fsp3) is 0.143. The van der Waals surface area contributed by atoms with Gasteiger partial charge in [0.2, 0.25) is 0 Å². The van der Waals surface area contributed by atoms with Gasteiger partial charge in [-0.15, -0.1) is 0 Å². The number of fused-ring (bicyclic) bond motifs is 1. The highest BCUT2D eigenvalue weighted by molar-refractivity contribution is 5.88. The standard InChI is InChI=1S/C21H18N2O5/c1-3-20(24)28-19-6-4-5-14-7-9-16(22-21(14)19)10-8-15-13-17(23(25)26)11-12-18(15)27-2/h4-13H,3H2,1-2H3. The Balaban J connectivity index is 1.98. The van der Waals surface area contributed by atoms with Gasteiger partial charge in [-0.05, 0) is 30.4 Å². The molecule has 7 nitrogen and oxygen atoms in total. The number of carbonyl (C=O) groups is 1. The average Bonchev–Trinajstić information content (AvgIpc) is 2.72. The Labute approximate surface area is 161 Å². The smallest absolute Gasteiger partial charge is 0.310 e. The maximum absolute atomic E-state index is 11.6. The zero-order chi connectivity index (χ0) is 20.1. The summed E-state index contributed by atoms with van der Waals surface area (Å²) in [5, 5.41) is 11.9. The highest BCUT2D eigenvalue weighted by atomic mass is 16.6. The van der Waals surface area contributed by atoms with Gasteiger partial charge in [-0.1, -0.05) is 25.1 Å². The zero-order valence-electron chi connectivity index (χ0n) is 15.4. The van der Waals surface area contributed by atoms with Gasteiger partial charge in [0, 0.05) is 29.5 Å². The van der Waals surface area contributed by atoms with E-state index in [0.29, 0.717) is 28.3 Å². The summed E-state index contributed by atoms with van der Waals surface area (Å²) in [5.41, 5.74) is 1.71. The van der Waals surface area contributed by atoms with Gasteiger partial charge in [0.15, 0.2) is 5.75 Å². The number of ether oxygens (including phenoxy) is 2. The Bertz CT molecular complexity index is 1080. The Morgan fingerprint density at radius 3 is 2.68 bits per heavy atom. The normalized spacial score (nSPS) is 10.9. The fourth-order valence-corrected chi connectivity index (χ4v) is 2.65. The van der Waals surface area contributed by atoms with Gasteiger partial charge in [0.1, 0.15) is 11.3 Å². The van der Waals surface area contributed by atoms with Gasteiger partial charge in [-0.2, -0.15) is 0 Å². The number of aromatic nitrogens is 1. The molecule has 28 heavy (non-hydrogen) atoms. The van der Waals surface area contributed by atoms with Crippen LogP contribution in [0.25, 0.3) is 23.1 Å². The second-order valence-electron chi connectivity index (χ2n) is 5.91. The van der Waals surface area contributed by atoms with E-state index in [2.05, 4.69) is 4.98 Å². The van der Waals surface area contributed by atoms with Gasteiger partial charge >= 0.3 is 5.97 Å². The highest BCUT2D eigenvalue weighted by Crippen LogP contribution is 2.27. The molecule has 0 radical (unpaired) electrons. The van der Waals surface area contributed by atoms with Crippen molar-refractivity contribution in [2.45, 2.75) is 13.3 Å². The number of nitrogens with zero attached hydrogens (tertiary/aromatic N) is 2. The van der Waals surface area contributed by atoms with Crippen LogP contribution in [-0.4, -0.2) is 23.0 Å². The lowest BCUT2D eigenvalue weighted by Gasteiger charge is -2.07. The van der Waals surface area contributed by atoms with Crippen LogP contribution >= 0.6 is 0 Å². The topological polar surface area (TPSA) is 91.6 Å². The molecule has 1 aromatic heterocycles. The van der Waals surface area contributed by atoms with E-state index in [-0.39, 0.29) is 18.1 Å². The molecule has 0 bridgehead atoms. The van der Waals surface area contributed by atoms with E-state index >= 15 is 0 Å². The predicted molar refractivity (Wildman–Crippen MR) is 106 cm³/mol. The number of nitro groups is 1. The minimum absolute atomic E-state index is 0.0271. The Hall–Kier alpha value is -3.74. The Morgan fingerprint density at radius 2 is 1.96 bits per heavy atom. The molecule has 0 saturated heterocycles. The molecule has 3 aromatic rings. The van der Waals surface area contributed by atoms with Crippen LogP contribution in [0.3, 0.4) is 0 Å². The van der Waals surface area contributed by atoms with Crippen molar-refractivity contribution in [3.63, 3.8) is 0 Å². The number of pyridine rings is 1. The summed E-state index contributed by atoms with van der Waals surface area (Å²) in [6, 6.07) is 13.4. The number of nitro benzene ring substituents is 1. The summed E-state index contributed by atoms with van der Waals surface area (Å²) >= 11 is 0. The van der Waals surface area contributed by atoms with Crippen molar-refractivity contribution in [1.29, 1.82) is 0 Å². The average molecular weight is 378 g/mol. The van der Waals surface area contributed by atoms with Crippen molar-refractivity contribution in [3.05, 3.63) is 69.9 Å². The minimum Gasteiger partial charge on any atom is -0.496 e. The molecule has 0 aliphatic heterocycles. The number of methoxy groups -OCH3 is 1. The van der Waals surface area contributed by atoms with Crippen LogP contribution < -0.4 is 9.47 Å². The molecular weight excluding hydrogens is 360 g/mol. The minimum atomic E-state index is -0.459. The number of para-hydroxylation sites is 1. The van der Waals surface area contributed by atoms with Gasteiger partial charge in [0.05, 0.1) is 17.7 Å². The van der Waals surface area contributed by atoms with Crippen molar-refractivity contribution in [3.8, 4) is 11.5 Å². The highest BCUT2D eigenvalue weighted by Gasteiger charge is 2.10. The van der Waals surface area contributed by atoms with E-state index in [4.69, 9.17) is 9.47 Å². The molecule has 0 unspecified atom stereocenters. The number of non-ortho nitro benzene ring substituents is 1. The zero-order valence-corrected chi connectivity index (χ0v) is 15.4. The molecule has 0 saturated carbocycles. The molecule has 0 fully saturated rings. The van der Waals surface area contributed by atoms with Crippen molar-refractivity contribution < 1.29 is 19.2 Å². The van der Waals surface area contributed by atoms with Crippen molar-refractivity contribution in [1.82, 2.24) is 4.98 Å². The van der Waals surface area contributed by atoms with Crippen LogP contribution in [0.2, 0.25) is 0 Å². The van der Waals surface area contributed by atoms with Crippen LogP contribution in [0.4, 0.5) is 5.69 Å². The lowest BCUT2D eigenvalue weighted by Crippen LogP contribution is -2.06. The van der Waals surface area contributed by atoms with Gasteiger partial charge in [-0.3, -0.25) is 14.9 Å². The maximum atomic E-state index is 11.6. The van der Waals surface area contributed by atoms with E-state index in [1.807, 2.05) is 18.2 Å². The molecular formula is C21H18N2O5. The summed E-state index contributed by atoms with van der Waals surface area (Å²) in [7, 11) is 1.50. The number of hydrogen-bond acceptors (Lipinski definition) is 6. The number of carbonyl (C=O) groups excluding carboxylic acids is 1. The summed E-state index contributed by atoms with van der Waals surface area (Å²) in [6.07, 6.45) is 3.68. The van der Waals surface area contributed by atoms with Gasteiger partial charge < -0.3 is 9.47 Å². The second kappa shape index (κ2) is 8.30. The lowest BCUT2D eigenvalue weighted by atomic mass is 10.1. The van der Waals surface area contributed by atoms with E-state index in [9.17, 15) is 14.9 Å². The SMILES string of the molecule is CCC(=O)Oc1cccc2ccc(C=Cc3cc([N+](=O)[O-])ccc3OC)nc12. The summed E-state index contributed by atoms with van der Waals surface area (Å²) in [4.78, 5) is 26.7. The first-order valence-electron chi connectivity index (χ1n) is 8.62. The van der Waals surface area contributed by atoms with Crippen LogP contribution in [0.15, 0.2) is 48.5 Å². The number of rotatable bonds is 6. The summed E-state index contributed by atoms with van der Waals surface area (Å²) in [5.74, 6) is 0.573. The lowest BCUT2D eigenvalue weighted by molar-refractivity contribution is -0.384. The molecule has 7 heteroatoms. The number of benzene rings is 2. The largest absolute Gasteiger partial charge is 0.496 e. The molecule has 3 rings (SSSR count). The first-order chi connectivity index (χ1) is 13.5. The second-order valence-corrected chi connectivity index (χ2v) is 5.91. The van der Waals surface area contributed by atoms with Crippen LogP contribution in [-0.2, 0) is 4.79 Å². The van der Waals surface area contributed by atoms with Crippen LogP contribution in [0.1, 0.15) is 24.6 Å². The molecule has 0 atom stereocenters. The molecule has 0 N–H and O–H groups in total. The molecule has 0 aliphatic rings. The van der Waals surface area contributed by atoms with Crippen LogP contribution in [0, 0.1) is 10.1 Å². The molecule has 0 aliphatic carbocycles. The fourth-order valence-electron chi connectivity index (χ4n) is 2.65. The summed E-state index contributed by atoms with van der Waals surface area (Å²) < 4.78 is 10.6. The third kappa shape index (κ3) is 4.15. The molecule has 142 valence electrons. The van der Waals surface area contributed by atoms with E-state index < -0.39 is 4.92 Å². The first-order valence-corrected chi connectivity index (χ1v) is 8.62. The van der Waals surface area contributed by atoms with Gasteiger partial charge in [-0.25, -0.2) is 4.98 Å². The van der Waals surface area contributed by atoms with Crippen molar-refractivity contribution in [2.24, 2.45) is 0 Å². The quantitative estimate of drug-likeness (QED) is 0.269. The number of esters is 1. The molecule has 1 heterocycles. The van der Waals surface area contributed by atoms with Crippen molar-refractivity contribution in [2.75, 3.05) is 7.11 Å². The monoisotopic (exact) mass is 378 g/mol. The van der Waals surface area contributed by atoms with Gasteiger partial charge in [0.25, 0.3) is 5.69 Å². The first kappa shape index (κ1) is 19.0. The molecule has 0 amide bonds.